The molecule has 0 unspecified atom stereocenters. The van der Waals surface area contributed by atoms with Gasteiger partial charge >= 0.3 is 0 Å². The number of unbranched alkanes of at least 4 members (excludes halogenated alkanes) is 5. The number of nitrogens with zero attached hydrogens (tertiary/aromatic N) is 1. The van der Waals surface area contributed by atoms with Crippen LogP contribution in [0.5, 0.6) is 5.75 Å². The fraction of sp³-hybridized carbons (Fsp3) is 0.769. The van der Waals surface area contributed by atoms with Crippen LogP contribution in [0.1, 0.15) is 52.4 Å². The lowest BCUT2D eigenvalue weighted by atomic mass is 10.1. The van der Waals surface area contributed by atoms with Gasteiger partial charge in [0.2, 0.25) is 0 Å². The largest absolute Gasteiger partial charge is 0.487 e. The molecule has 0 amide bonds. The Bertz CT molecular complexity index is 328. The Balaban J connectivity index is 2.18. The summed E-state index contributed by atoms with van der Waals surface area (Å²) in [6.07, 6.45) is 7.81. The Morgan fingerprint density at radius 3 is 2.61 bits per heavy atom. The molecule has 0 atom stereocenters. The number of ether oxygens (including phenoxy) is 1. The Labute approximate surface area is 114 Å². The lowest BCUT2D eigenvalue weighted by Gasteiger charge is -2.07. The lowest BCUT2D eigenvalue weighted by Crippen LogP contribution is -2.03. The van der Waals surface area contributed by atoms with Crippen molar-refractivity contribution in [2.75, 3.05) is 24.2 Å². The Morgan fingerprint density at radius 2 is 1.89 bits per heavy atom. The van der Waals surface area contributed by atoms with Gasteiger partial charge in [0, 0.05) is 6.54 Å². The van der Waals surface area contributed by atoms with E-state index in [4.69, 9.17) is 10.5 Å². The van der Waals surface area contributed by atoms with Crippen LogP contribution in [0.4, 0.5) is 10.8 Å². The third kappa shape index (κ3) is 5.12. The number of nitrogen functional groups attached to an aromatic ring is 1. The number of anilines is 2. The molecule has 0 aliphatic carbocycles. The third-order valence-corrected chi connectivity index (χ3v) is 3.58. The summed E-state index contributed by atoms with van der Waals surface area (Å²) < 4.78 is 9.58. The molecule has 1 rings (SSSR count). The van der Waals surface area contributed by atoms with Gasteiger partial charge < -0.3 is 15.8 Å². The van der Waals surface area contributed by atoms with E-state index in [1.165, 1.54) is 50.1 Å². The van der Waals surface area contributed by atoms with Gasteiger partial charge in [-0.25, -0.2) is 0 Å². The first-order chi connectivity index (χ1) is 8.79. The highest BCUT2D eigenvalue weighted by molar-refractivity contribution is 7.11. The van der Waals surface area contributed by atoms with Crippen LogP contribution < -0.4 is 15.8 Å². The summed E-state index contributed by atoms with van der Waals surface area (Å²) in [6, 6.07) is 0. The van der Waals surface area contributed by atoms with E-state index in [1.807, 2.05) is 6.92 Å². The molecule has 0 fully saturated rings. The molecule has 0 saturated heterocycles. The number of nitrogens with one attached hydrogen (secondary N) is 1. The van der Waals surface area contributed by atoms with Gasteiger partial charge in [0.15, 0.2) is 16.6 Å². The molecule has 0 saturated carbocycles. The van der Waals surface area contributed by atoms with Crippen LogP contribution in [-0.2, 0) is 0 Å². The van der Waals surface area contributed by atoms with Gasteiger partial charge in [-0.2, -0.15) is 4.37 Å². The number of hydrogen-bond acceptors (Lipinski definition) is 5. The summed E-state index contributed by atoms with van der Waals surface area (Å²) in [5, 5.41) is 4.32. The predicted molar refractivity (Wildman–Crippen MR) is 79.6 cm³/mol. The molecule has 4 nitrogen and oxygen atoms in total. The van der Waals surface area contributed by atoms with Crippen molar-refractivity contribution in [3.8, 4) is 5.75 Å². The van der Waals surface area contributed by atoms with Crippen molar-refractivity contribution in [1.82, 2.24) is 4.37 Å². The maximum absolute atomic E-state index is 5.75. The van der Waals surface area contributed by atoms with Crippen LogP contribution in [-0.4, -0.2) is 17.5 Å². The highest BCUT2D eigenvalue weighted by Crippen LogP contribution is 2.34. The van der Waals surface area contributed by atoms with Crippen LogP contribution in [0.2, 0.25) is 0 Å². The summed E-state index contributed by atoms with van der Waals surface area (Å²) in [6.45, 7) is 5.78. The van der Waals surface area contributed by atoms with Crippen molar-refractivity contribution < 1.29 is 4.74 Å². The second kappa shape index (κ2) is 9.03. The molecule has 3 N–H and O–H groups in total. The van der Waals surface area contributed by atoms with Crippen LogP contribution >= 0.6 is 11.5 Å². The van der Waals surface area contributed by atoms with E-state index in [9.17, 15) is 0 Å². The van der Waals surface area contributed by atoms with Crippen LogP contribution in [0.3, 0.4) is 0 Å². The van der Waals surface area contributed by atoms with Gasteiger partial charge in [-0.1, -0.05) is 39.0 Å². The summed E-state index contributed by atoms with van der Waals surface area (Å²) in [5.74, 6) is 1.21. The van der Waals surface area contributed by atoms with Crippen LogP contribution in [0, 0.1) is 0 Å². The zero-order chi connectivity index (χ0) is 13.2. The number of rotatable bonds is 10. The summed E-state index contributed by atoms with van der Waals surface area (Å²) in [5.41, 5.74) is 5.75. The lowest BCUT2D eigenvalue weighted by molar-refractivity contribution is 0.344. The predicted octanol–water partition coefficient (Wildman–Crippen LogP) is 3.90. The zero-order valence-corrected chi connectivity index (χ0v) is 12.3. The SMILES string of the molecule is CCCCCCCCNc1snc(N)c1OCC. The van der Waals surface area contributed by atoms with E-state index in [2.05, 4.69) is 16.6 Å². The van der Waals surface area contributed by atoms with E-state index >= 15 is 0 Å². The normalized spacial score (nSPS) is 10.6. The molecule has 1 heterocycles. The van der Waals surface area contributed by atoms with Crippen LogP contribution in [0.15, 0.2) is 0 Å². The van der Waals surface area contributed by atoms with E-state index in [0.717, 1.165) is 11.5 Å². The molecule has 0 aliphatic rings. The highest BCUT2D eigenvalue weighted by Gasteiger charge is 2.11. The molecular weight excluding hydrogens is 246 g/mol. The molecule has 0 spiro atoms. The summed E-state index contributed by atoms with van der Waals surface area (Å²) >= 11 is 1.38. The molecule has 0 radical (unpaired) electrons. The van der Waals surface area contributed by atoms with Gasteiger partial charge in [-0.3, -0.25) is 0 Å². The second-order valence-electron chi connectivity index (χ2n) is 4.35. The van der Waals surface area contributed by atoms with E-state index < -0.39 is 0 Å². The van der Waals surface area contributed by atoms with Gasteiger partial charge in [-0.05, 0) is 24.9 Å². The van der Waals surface area contributed by atoms with Crippen LogP contribution in [0.25, 0.3) is 0 Å². The van der Waals surface area contributed by atoms with Crippen molar-refractivity contribution in [2.45, 2.75) is 52.4 Å². The first-order valence-corrected chi connectivity index (χ1v) is 7.68. The summed E-state index contributed by atoms with van der Waals surface area (Å²) in [7, 11) is 0. The van der Waals surface area contributed by atoms with Crippen molar-refractivity contribution in [1.29, 1.82) is 0 Å². The minimum Gasteiger partial charge on any atom is -0.487 e. The smallest absolute Gasteiger partial charge is 0.197 e. The molecule has 18 heavy (non-hydrogen) atoms. The zero-order valence-electron chi connectivity index (χ0n) is 11.5. The minimum absolute atomic E-state index is 0.493. The molecule has 0 aromatic carbocycles. The average Bonchev–Trinajstić information content (AvgIpc) is 2.71. The fourth-order valence-corrected chi connectivity index (χ4v) is 2.48. The first kappa shape index (κ1) is 15.1. The standard InChI is InChI=1S/C13H25N3OS/c1-3-5-6-7-8-9-10-15-13-11(17-4-2)12(14)16-18-13/h15H,3-10H2,1-2H3,(H2,14,16). The van der Waals surface area contributed by atoms with Gasteiger partial charge in [0.1, 0.15) is 0 Å². The molecular formula is C13H25N3OS. The number of nitrogens with two attached hydrogens (primary N) is 1. The van der Waals surface area contributed by atoms with Crippen molar-refractivity contribution in [2.24, 2.45) is 0 Å². The van der Waals surface area contributed by atoms with Gasteiger partial charge in [-0.15, -0.1) is 0 Å². The molecule has 1 aromatic heterocycles. The van der Waals surface area contributed by atoms with E-state index in [1.54, 1.807) is 0 Å². The summed E-state index contributed by atoms with van der Waals surface area (Å²) in [4.78, 5) is 0. The third-order valence-electron chi connectivity index (χ3n) is 2.78. The topological polar surface area (TPSA) is 60.2 Å². The Hall–Kier alpha value is -0.970. The maximum atomic E-state index is 5.75. The van der Waals surface area contributed by atoms with E-state index in [0.29, 0.717) is 18.2 Å². The minimum atomic E-state index is 0.493. The molecule has 1 aromatic rings. The van der Waals surface area contributed by atoms with Gasteiger partial charge in [0.25, 0.3) is 0 Å². The number of hydrogen-bond donors (Lipinski definition) is 2. The van der Waals surface area contributed by atoms with Crippen molar-refractivity contribution in [3.05, 3.63) is 0 Å². The van der Waals surface area contributed by atoms with Gasteiger partial charge in [0.05, 0.1) is 6.61 Å². The Morgan fingerprint density at radius 1 is 1.17 bits per heavy atom. The molecule has 0 bridgehead atoms. The molecule has 0 aliphatic heterocycles. The highest BCUT2D eigenvalue weighted by atomic mass is 32.1. The van der Waals surface area contributed by atoms with E-state index in [-0.39, 0.29) is 0 Å². The fourth-order valence-electron chi connectivity index (χ4n) is 1.80. The Kier molecular flexibility index (Phi) is 7.57. The molecule has 5 heteroatoms. The maximum Gasteiger partial charge on any atom is 0.197 e. The monoisotopic (exact) mass is 271 g/mol. The average molecular weight is 271 g/mol. The quantitative estimate of drug-likeness (QED) is 0.634. The van der Waals surface area contributed by atoms with Crippen molar-refractivity contribution in [3.63, 3.8) is 0 Å². The number of aromatic nitrogens is 1. The second-order valence-corrected chi connectivity index (χ2v) is 5.13. The first-order valence-electron chi connectivity index (χ1n) is 6.91. The molecule has 104 valence electrons. The van der Waals surface area contributed by atoms with Crippen molar-refractivity contribution >= 4 is 22.4 Å².